The first-order chi connectivity index (χ1) is 13.9. The fraction of sp³-hybridized carbons (Fsp3) is 0.0909. The lowest BCUT2D eigenvalue weighted by Crippen LogP contribution is -2.30. The van der Waals surface area contributed by atoms with E-state index in [1.54, 1.807) is 4.90 Å². The SMILES string of the molecule is Cc1ccc(Cl)c2sc(N(Cc3ccccc3)C(=O)c3ccc(F)cc3Cl)nc12. The zero-order valence-electron chi connectivity index (χ0n) is 15.3. The summed E-state index contributed by atoms with van der Waals surface area (Å²) >= 11 is 13.9. The molecule has 4 rings (SSSR count). The minimum absolute atomic E-state index is 0.0587. The van der Waals surface area contributed by atoms with Gasteiger partial charge in [0, 0.05) is 0 Å². The molecule has 0 unspecified atom stereocenters. The molecule has 0 N–H and O–H groups in total. The molecule has 0 fully saturated rings. The third-order valence-electron chi connectivity index (χ3n) is 4.51. The number of thiazole rings is 1. The summed E-state index contributed by atoms with van der Waals surface area (Å²) in [5, 5.41) is 1.15. The van der Waals surface area contributed by atoms with Crippen LogP contribution in [0.25, 0.3) is 10.2 Å². The number of aromatic nitrogens is 1. The lowest BCUT2D eigenvalue weighted by Gasteiger charge is -2.20. The van der Waals surface area contributed by atoms with Crippen LogP contribution in [-0.4, -0.2) is 10.9 Å². The van der Waals surface area contributed by atoms with Crippen molar-refractivity contribution in [2.24, 2.45) is 0 Å². The maximum absolute atomic E-state index is 13.5. The summed E-state index contributed by atoms with van der Waals surface area (Å²) in [5.41, 5.74) is 2.87. The van der Waals surface area contributed by atoms with Gasteiger partial charge in [0.15, 0.2) is 5.13 Å². The largest absolute Gasteiger partial charge is 0.279 e. The Bertz CT molecular complexity index is 1170. The van der Waals surface area contributed by atoms with Gasteiger partial charge in [0.2, 0.25) is 0 Å². The maximum Gasteiger partial charge on any atom is 0.261 e. The number of hydrogen-bond donors (Lipinski definition) is 0. The highest BCUT2D eigenvalue weighted by Gasteiger charge is 2.24. The summed E-state index contributed by atoms with van der Waals surface area (Å²) in [6.07, 6.45) is 0. The molecule has 1 heterocycles. The van der Waals surface area contributed by atoms with Crippen LogP contribution in [0.1, 0.15) is 21.5 Å². The molecule has 0 aliphatic rings. The van der Waals surface area contributed by atoms with Gasteiger partial charge in [0.1, 0.15) is 5.82 Å². The van der Waals surface area contributed by atoms with E-state index in [0.29, 0.717) is 16.7 Å². The van der Waals surface area contributed by atoms with Crippen LogP contribution >= 0.6 is 34.5 Å². The maximum atomic E-state index is 13.5. The molecule has 1 amide bonds. The first kappa shape index (κ1) is 19.8. The van der Waals surface area contributed by atoms with Crippen molar-refractivity contribution in [3.63, 3.8) is 0 Å². The molecule has 0 saturated carbocycles. The smallest absolute Gasteiger partial charge is 0.261 e. The van der Waals surface area contributed by atoms with Crippen molar-refractivity contribution in [3.05, 3.63) is 93.2 Å². The highest BCUT2D eigenvalue weighted by atomic mass is 35.5. The number of halogens is 3. The zero-order valence-corrected chi connectivity index (χ0v) is 17.7. The van der Waals surface area contributed by atoms with Crippen LogP contribution in [0.4, 0.5) is 9.52 Å². The van der Waals surface area contributed by atoms with Gasteiger partial charge in [-0.25, -0.2) is 9.37 Å². The average Bonchev–Trinajstić information content (AvgIpc) is 3.16. The minimum atomic E-state index is -0.497. The summed E-state index contributed by atoms with van der Waals surface area (Å²) in [7, 11) is 0. The Labute approximate surface area is 181 Å². The van der Waals surface area contributed by atoms with Gasteiger partial charge < -0.3 is 0 Å². The molecule has 0 aliphatic heterocycles. The van der Waals surface area contributed by atoms with Crippen LogP contribution in [0.15, 0.2) is 60.7 Å². The summed E-state index contributed by atoms with van der Waals surface area (Å²) in [5.74, 6) is -0.852. The highest BCUT2D eigenvalue weighted by Crippen LogP contribution is 2.37. The third kappa shape index (κ3) is 3.99. The van der Waals surface area contributed by atoms with Gasteiger partial charge in [-0.05, 0) is 42.3 Å². The number of anilines is 1. The molecule has 1 aromatic heterocycles. The second-order valence-electron chi connectivity index (χ2n) is 6.54. The van der Waals surface area contributed by atoms with Crippen molar-refractivity contribution < 1.29 is 9.18 Å². The standard InChI is InChI=1S/C22H15Cl2FN2OS/c1-13-7-10-17(23)20-19(13)26-22(29-20)27(12-14-5-3-2-4-6-14)21(28)16-9-8-15(25)11-18(16)24/h2-11H,12H2,1H3. The van der Waals surface area contributed by atoms with Crippen molar-refractivity contribution >= 4 is 55.8 Å². The molecule has 3 aromatic carbocycles. The van der Waals surface area contributed by atoms with E-state index in [4.69, 9.17) is 23.2 Å². The molecule has 0 atom stereocenters. The Morgan fingerprint density at radius 1 is 1.07 bits per heavy atom. The number of amides is 1. The fourth-order valence-corrected chi connectivity index (χ4v) is 4.57. The Hall–Kier alpha value is -2.47. The molecule has 0 spiro atoms. The average molecular weight is 445 g/mol. The van der Waals surface area contributed by atoms with Gasteiger partial charge in [-0.15, -0.1) is 0 Å². The molecule has 4 aromatic rings. The fourth-order valence-electron chi connectivity index (χ4n) is 3.01. The van der Waals surface area contributed by atoms with Gasteiger partial charge in [-0.1, -0.05) is 70.9 Å². The van der Waals surface area contributed by atoms with E-state index in [1.165, 1.54) is 23.5 Å². The first-order valence-corrected chi connectivity index (χ1v) is 10.4. The Morgan fingerprint density at radius 2 is 1.83 bits per heavy atom. The molecular weight excluding hydrogens is 430 g/mol. The lowest BCUT2D eigenvalue weighted by atomic mass is 10.1. The van der Waals surface area contributed by atoms with Crippen LogP contribution in [0.3, 0.4) is 0 Å². The predicted molar refractivity (Wildman–Crippen MR) is 118 cm³/mol. The predicted octanol–water partition coefficient (Wildman–Crippen LogP) is 6.90. The van der Waals surface area contributed by atoms with E-state index >= 15 is 0 Å². The van der Waals surface area contributed by atoms with Gasteiger partial charge >= 0.3 is 0 Å². The number of aryl methyl sites for hydroxylation is 1. The molecular formula is C22H15Cl2FN2OS. The molecule has 7 heteroatoms. The molecule has 0 aliphatic carbocycles. The highest BCUT2D eigenvalue weighted by molar-refractivity contribution is 7.23. The number of fused-ring (bicyclic) bond motifs is 1. The minimum Gasteiger partial charge on any atom is -0.279 e. The lowest BCUT2D eigenvalue weighted by molar-refractivity contribution is 0.0985. The molecule has 146 valence electrons. The Morgan fingerprint density at radius 3 is 2.52 bits per heavy atom. The van der Waals surface area contributed by atoms with Crippen LogP contribution in [0, 0.1) is 12.7 Å². The van der Waals surface area contributed by atoms with E-state index in [-0.39, 0.29) is 16.5 Å². The second kappa shape index (κ2) is 8.11. The monoisotopic (exact) mass is 444 g/mol. The molecule has 0 bridgehead atoms. The number of hydrogen-bond acceptors (Lipinski definition) is 3. The molecule has 0 saturated heterocycles. The summed E-state index contributed by atoms with van der Waals surface area (Å²) < 4.78 is 14.3. The van der Waals surface area contributed by atoms with Gasteiger partial charge in [-0.3, -0.25) is 9.69 Å². The number of carbonyl (C=O) groups excluding carboxylic acids is 1. The Balaban J connectivity index is 1.83. The first-order valence-electron chi connectivity index (χ1n) is 8.80. The third-order valence-corrected chi connectivity index (χ3v) is 6.36. The second-order valence-corrected chi connectivity index (χ2v) is 8.33. The van der Waals surface area contributed by atoms with E-state index < -0.39 is 5.82 Å². The van der Waals surface area contributed by atoms with Crippen molar-refractivity contribution in [1.29, 1.82) is 0 Å². The zero-order chi connectivity index (χ0) is 20.5. The quantitative estimate of drug-likeness (QED) is 0.343. The van der Waals surface area contributed by atoms with Crippen LogP contribution < -0.4 is 4.90 Å². The van der Waals surface area contributed by atoms with Crippen LogP contribution in [0.5, 0.6) is 0 Å². The van der Waals surface area contributed by atoms with E-state index in [1.807, 2.05) is 49.4 Å². The number of carbonyl (C=O) groups is 1. The molecule has 0 radical (unpaired) electrons. The molecule has 3 nitrogen and oxygen atoms in total. The normalized spacial score (nSPS) is 11.0. The summed E-state index contributed by atoms with van der Waals surface area (Å²) in [6, 6.07) is 17.0. The summed E-state index contributed by atoms with van der Waals surface area (Å²) in [6.45, 7) is 2.24. The van der Waals surface area contributed by atoms with E-state index in [2.05, 4.69) is 4.98 Å². The number of rotatable bonds is 4. The van der Waals surface area contributed by atoms with Gasteiger partial charge in [0.25, 0.3) is 5.91 Å². The summed E-state index contributed by atoms with van der Waals surface area (Å²) in [4.78, 5) is 19.6. The molecule has 29 heavy (non-hydrogen) atoms. The van der Waals surface area contributed by atoms with Crippen LogP contribution in [-0.2, 0) is 6.54 Å². The van der Waals surface area contributed by atoms with Crippen molar-refractivity contribution in [1.82, 2.24) is 4.98 Å². The number of benzene rings is 3. The van der Waals surface area contributed by atoms with E-state index in [0.717, 1.165) is 27.4 Å². The Kier molecular flexibility index (Phi) is 5.54. The van der Waals surface area contributed by atoms with Crippen LogP contribution in [0.2, 0.25) is 10.0 Å². The van der Waals surface area contributed by atoms with Crippen molar-refractivity contribution in [3.8, 4) is 0 Å². The van der Waals surface area contributed by atoms with E-state index in [9.17, 15) is 9.18 Å². The topological polar surface area (TPSA) is 33.2 Å². The van der Waals surface area contributed by atoms with Crippen molar-refractivity contribution in [2.45, 2.75) is 13.5 Å². The van der Waals surface area contributed by atoms with Gasteiger partial charge in [0.05, 0.1) is 32.4 Å². The van der Waals surface area contributed by atoms with Gasteiger partial charge in [-0.2, -0.15) is 0 Å². The number of nitrogens with zero attached hydrogens (tertiary/aromatic N) is 2. The van der Waals surface area contributed by atoms with Crippen molar-refractivity contribution in [2.75, 3.05) is 4.90 Å².